The molecule has 1 aliphatic heterocycles. The predicted octanol–water partition coefficient (Wildman–Crippen LogP) is 2.81. The predicted molar refractivity (Wildman–Crippen MR) is 95.9 cm³/mol. The monoisotopic (exact) mass is 415 g/mol. The molecule has 3 rings (SSSR count). The second kappa shape index (κ2) is 7.66. The summed E-state index contributed by atoms with van der Waals surface area (Å²) in [6.07, 6.45) is -2.80. The Morgan fingerprint density at radius 1 is 1.18 bits per heavy atom. The van der Waals surface area contributed by atoms with Crippen LogP contribution >= 0.6 is 0 Å². The van der Waals surface area contributed by atoms with Crippen molar-refractivity contribution < 1.29 is 31.1 Å². The van der Waals surface area contributed by atoms with Crippen LogP contribution in [0.5, 0.6) is 5.88 Å². The van der Waals surface area contributed by atoms with Crippen LogP contribution in [0.1, 0.15) is 16.8 Å². The molecule has 1 saturated heterocycles. The molecule has 0 radical (unpaired) electrons. The molecule has 2 aromatic rings. The molecule has 1 fully saturated rings. The van der Waals surface area contributed by atoms with Crippen molar-refractivity contribution in [1.29, 1.82) is 0 Å². The summed E-state index contributed by atoms with van der Waals surface area (Å²) in [5, 5.41) is 2.60. The lowest BCUT2D eigenvalue weighted by molar-refractivity contribution is -0.154. The summed E-state index contributed by atoms with van der Waals surface area (Å²) in [6.45, 7) is -1.05. The number of rotatable bonds is 5. The third-order valence-corrected chi connectivity index (χ3v) is 5.76. The number of ether oxygens (including phenoxy) is 1. The van der Waals surface area contributed by atoms with Crippen molar-refractivity contribution in [1.82, 2.24) is 4.98 Å². The highest BCUT2D eigenvalue weighted by Gasteiger charge is 2.29. The lowest BCUT2D eigenvalue weighted by atomic mass is 10.2. The second-order valence-corrected chi connectivity index (χ2v) is 8.04. The van der Waals surface area contributed by atoms with Gasteiger partial charge >= 0.3 is 6.18 Å². The third-order valence-electron chi connectivity index (χ3n) is 3.89. The Morgan fingerprint density at radius 3 is 2.43 bits per heavy atom. The second-order valence-electron chi connectivity index (χ2n) is 6.03. The fourth-order valence-corrected chi connectivity index (χ4v) is 4.16. The topological polar surface area (TPSA) is 88.6 Å². The Balaban J connectivity index is 1.61. The number of anilines is 2. The van der Waals surface area contributed by atoms with Gasteiger partial charge in [0.15, 0.2) is 6.61 Å². The lowest BCUT2D eigenvalue weighted by Gasteiger charge is -2.17. The smallest absolute Gasteiger partial charge is 0.422 e. The van der Waals surface area contributed by atoms with Gasteiger partial charge in [-0.15, -0.1) is 0 Å². The van der Waals surface area contributed by atoms with Crippen LogP contribution in [0.2, 0.25) is 0 Å². The first kappa shape index (κ1) is 19.9. The maximum absolute atomic E-state index is 12.2. The molecule has 0 bridgehead atoms. The van der Waals surface area contributed by atoms with Crippen LogP contribution in [0, 0.1) is 0 Å². The summed E-state index contributed by atoms with van der Waals surface area (Å²) in [5.41, 5.74) is 1.08. The number of alkyl halides is 3. The normalized spacial score (nSPS) is 16.0. The van der Waals surface area contributed by atoms with Crippen molar-refractivity contribution in [3.05, 3.63) is 48.2 Å². The van der Waals surface area contributed by atoms with Gasteiger partial charge in [0.2, 0.25) is 15.9 Å². The van der Waals surface area contributed by atoms with Crippen LogP contribution in [0.4, 0.5) is 24.5 Å². The SMILES string of the molecule is O=C(Nc1ccc(N2CCCS2(=O)=O)cc1)c1ccc(OCC(F)(F)F)nc1. The minimum atomic E-state index is -4.47. The number of hydrogen-bond donors (Lipinski definition) is 1. The minimum absolute atomic E-state index is 0.112. The van der Waals surface area contributed by atoms with Crippen molar-refractivity contribution in [3.63, 3.8) is 0 Å². The Kier molecular flexibility index (Phi) is 5.45. The fraction of sp³-hybridized carbons (Fsp3) is 0.294. The van der Waals surface area contributed by atoms with E-state index in [1.54, 1.807) is 24.3 Å². The molecule has 1 N–H and O–H groups in total. The molecule has 1 aromatic carbocycles. The number of halogens is 3. The number of hydrogen-bond acceptors (Lipinski definition) is 5. The van der Waals surface area contributed by atoms with E-state index >= 15 is 0 Å². The number of nitrogens with one attached hydrogen (secondary N) is 1. The number of carbonyl (C=O) groups is 1. The van der Waals surface area contributed by atoms with Gasteiger partial charge in [-0.3, -0.25) is 9.10 Å². The average Bonchev–Trinajstić information content (AvgIpc) is 2.99. The van der Waals surface area contributed by atoms with Gasteiger partial charge in [-0.2, -0.15) is 13.2 Å². The summed E-state index contributed by atoms with van der Waals surface area (Å²) in [6, 6.07) is 8.77. The van der Waals surface area contributed by atoms with Gasteiger partial charge in [0.25, 0.3) is 5.91 Å². The van der Waals surface area contributed by atoms with Gasteiger partial charge in [0, 0.05) is 24.5 Å². The molecule has 0 saturated carbocycles. The van der Waals surface area contributed by atoms with Crippen molar-refractivity contribution in [2.24, 2.45) is 0 Å². The average molecular weight is 415 g/mol. The largest absolute Gasteiger partial charge is 0.468 e. The summed E-state index contributed by atoms with van der Waals surface area (Å²) in [7, 11) is -3.28. The maximum Gasteiger partial charge on any atom is 0.422 e. The number of benzene rings is 1. The molecule has 7 nitrogen and oxygen atoms in total. The van der Waals surface area contributed by atoms with Crippen LogP contribution < -0.4 is 14.4 Å². The minimum Gasteiger partial charge on any atom is -0.468 e. The van der Waals surface area contributed by atoms with E-state index in [-0.39, 0.29) is 17.2 Å². The van der Waals surface area contributed by atoms with E-state index < -0.39 is 28.7 Å². The Bertz CT molecular complexity index is 945. The van der Waals surface area contributed by atoms with Gasteiger partial charge in [0.1, 0.15) is 0 Å². The maximum atomic E-state index is 12.2. The molecule has 1 amide bonds. The van der Waals surface area contributed by atoms with E-state index in [1.165, 1.54) is 16.4 Å². The zero-order chi connectivity index (χ0) is 20.4. The third kappa shape index (κ3) is 4.91. The molecule has 0 atom stereocenters. The number of aromatic nitrogens is 1. The number of carbonyl (C=O) groups excluding carboxylic acids is 1. The Hall–Kier alpha value is -2.82. The van der Waals surface area contributed by atoms with E-state index in [1.807, 2.05) is 0 Å². The molecule has 11 heteroatoms. The Labute approximate surface area is 159 Å². The summed E-state index contributed by atoms with van der Waals surface area (Å²) in [4.78, 5) is 15.9. The molecule has 0 unspecified atom stereocenters. The first-order valence-corrected chi connectivity index (χ1v) is 9.82. The molecule has 28 heavy (non-hydrogen) atoms. The van der Waals surface area contributed by atoms with E-state index in [0.29, 0.717) is 24.3 Å². The quantitative estimate of drug-likeness (QED) is 0.811. The fourth-order valence-electron chi connectivity index (χ4n) is 2.60. The van der Waals surface area contributed by atoms with Crippen molar-refractivity contribution in [3.8, 4) is 5.88 Å². The van der Waals surface area contributed by atoms with Crippen molar-refractivity contribution >= 4 is 27.3 Å². The van der Waals surface area contributed by atoms with Gasteiger partial charge in [-0.1, -0.05) is 0 Å². The zero-order valence-electron chi connectivity index (χ0n) is 14.4. The van der Waals surface area contributed by atoms with Gasteiger partial charge in [-0.05, 0) is 36.8 Å². The number of amides is 1. The van der Waals surface area contributed by atoms with Gasteiger partial charge in [0.05, 0.1) is 17.0 Å². The first-order valence-electron chi connectivity index (χ1n) is 8.21. The standard InChI is InChI=1S/C17H16F3N3O4S/c18-17(19,20)11-27-15-7-2-12(10-21-15)16(24)22-13-3-5-14(6-4-13)23-8-1-9-28(23,25)26/h2-7,10H,1,8-9,11H2,(H,22,24). The first-order chi connectivity index (χ1) is 13.1. The molecule has 2 heterocycles. The summed E-state index contributed by atoms with van der Waals surface area (Å²) >= 11 is 0. The van der Waals surface area contributed by atoms with Gasteiger partial charge < -0.3 is 10.1 Å². The van der Waals surface area contributed by atoms with Crippen LogP contribution in [-0.4, -0.2) is 44.4 Å². The molecule has 0 spiro atoms. The van der Waals surface area contributed by atoms with Crippen molar-refractivity contribution in [2.45, 2.75) is 12.6 Å². The van der Waals surface area contributed by atoms with Crippen molar-refractivity contribution in [2.75, 3.05) is 28.5 Å². The van der Waals surface area contributed by atoms with E-state index in [9.17, 15) is 26.4 Å². The zero-order valence-corrected chi connectivity index (χ0v) is 15.3. The van der Waals surface area contributed by atoms with E-state index in [4.69, 9.17) is 0 Å². The number of nitrogens with zero attached hydrogens (tertiary/aromatic N) is 2. The Morgan fingerprint density at radius 2 is 1.89 bits per heavy atom. The summed E-state index contributed by atoms with van der Waals surface area (Å²) < 4.78 is 66.0. The highest BCUT2D eigenvalue weighted by Crippen LogP contribution is 2.25. The van der Waals surface area contributed by atoms with E-state index in [2.05, 4.69) is 15.0 Å². The van der Waals surface area contributed by atoms with Gasteiger partial charge in [-0.25, -0.2) is 13.4 Å². The number of sulfonamides is 1. The highest BCUT2D eigenvalue weighted by molar-refractivity contribution is 7.93. The molecular formula is C17H16F3N3O4S. The van der Waals surface area contributed by atoms with Crippen LogP contribution in [0.25, 0.3) is 0 Å². The molecule has 1 aliphatic rings. The van der Waals surface area contributed by atoms with Crippen LogP contribution in [0.15, 0.2) is 42.6 Å². The molecule has 0 aliphatic carbocycles. The highest BCUT2D eigenvalue weighted by atomic mass is 32.2. The summed E-state index contributed by atoms with van der Waals surface area (Å²) in [5.74, 6) is -0.650. The molecule has 150 valence electrons. The van der Waals surface area contributed by atoms with Crippen LogP contribution in [-0.2, 0) is 10.0 Å². The molecule has 1 aromatic heterocycles. The number of pyridine rings is 1. The molecular weight excluding hydrogens is 399 g/mol. The lowest BCUT2D eigenvalue weighted by Crippen LogP contribution is -2.25. The van der Waals surface area contributed by atoms with E-state index in [0.717, 1.165) is 6.20 Å². The van der Waals surface area contributed by atoms with Crippen LogP contribution in [0.3, 0.4) is 0 Å².